The number of fused-ring (bicyclic) bond motifs is 16. The summed E-state index contributed by atoms with van der Waals surface area (Å²) in [5.41, 5.74) is -0.0188. The fraction of sp³-hybridized carbons (Fsp3) is 0.905. The molecule has 12 atom stereocenters. The monoisotopic (exact) mass is 314 g/mol. The second-order valence-corrected chi connectivity index (χ2v) is 10.4. The summed E-state index contributed by atoms with van der Waals surface area (Å²) < 4.78 is 13.3. The van der Waals surface area contributed by atoms with E-state index in [1.54, 1.807) is 0 Å². The Hall–Kier alpha value is -0.340. The average molecular weight is 314 g/mol. The molecule has 126 valence electrons. The van der Waals surface area contributed by atoms with Gasteiger partial charge in [-0.3, -0.25) is 0 Å². The lowest BCUT2D eigenvalue weighted by molar-refractivity contribution is -0.126. The van der Waals surface area contributed by atoms with E-state index < -0.39 is 0 Å². The van der Waals surface area contributed by atoms with Crippen LogP contribution in [0.2, 0.25) is 0 Å². The van der Waals surface area contributed by atoms with E-state index in [9.17, 15) is 0 Å². The molecule has 4 aliphatic carbocycles. The summed E-state index contributed by atoms with van der Waals surface area (Å²) in [5.74, 6) is 7.39. The molecule has 6 bridgehead atoms. The van der Waals surface area contributed by atoms with Crippen LogP contribution in [0, 0.1) is 53.3 Å². The maximum Gasteiger partial charge on any atom is 0.0652 e. The molecule has 2 heteroatoms. The van der Waals surface area contributed by atoms with Gasteiger partial charge in [0.15, 0.2) is 0 Å². The molecule has 2 saturated heterocycles. The molecule has 0 aromatic carbocycles. The minimum atomic E-state index is -0.0188. The second kappa shape index (κ2) is 4.07. The standard InChI is InChI=1S/C21H30O2/c1-9-12-8-13(18(9)23-21(2,3)4)17-16(12)19-14-10-5-6-11(7-10)15(14)20(17)22-19/h5-6,9-20H,7-8H2,1-4H3. The molecule has 3 saturated carbocycles. The van der Waals surface area contributed by atoms with Crippen LogP contribution in [0.25, 0.3) is 0 Å². The minimum Gasteiger partial charge on any atom is -0.374 e. The Morgan fingerprint density at radius 2 is 1.48 bits per heavy atom. The average Bonchev–Trinajstić information content (AvgIpc) is 3.24. The molecule has 2 heterocycles. The third-order valence-corrected chi connectivity index (χ3v) is 8.50. The van der Waals surface area contributed by atoms with E-state index in [-0.39, 0.29) is 5.60 Å². The molecular weight excluding hydrogens is 284 g/mol. The fourth-order valence-electron chi connectivity index (χ4n) is 8.16. The third-order valence-electron chi connectivity index (χ3n) is 8.50. The van der Waals surface area contributed by atoms with Crippen molar-refractivity contribution < 1.29 is 9.47 Å². The molecule has 6 rings (SSSR count). The number of hydrogen-bond acceptors (Lipinski definition) is 2. The highest BCUT2D eigenvalue weighted by atomic mass is 16.5. The lowest BCUT2D eigenvalue weighted by Gasteiger charge is -2.46. The van der Waals surface area contributed by atoms with Crippen molar-refractivity contribution in [2.75, 3.05) is 0 Å². The molecule has 6 aliphatic rings. The predicted octanol–water partition coefficient (Wildman–Crippen LogP) is 3.91. The van der Waals surface area contributed by atoms with Crippen molar-refractivity contribution in [3.05, 3.63) is 12.2 Å². The van der Waals surface area contributed by atoms with Crippen LogP contribution in [0.3, 0.4) is 0 Å². The summed E-state index contributed by atoms with van der Waals surface area (Å²) >= 11 is 0. The van der Waals surface area contributed by atoms with E-state index in [1.165, 1.54) is 12.8 Å². The fourth-order valence-corrected chi connectivity index (χ4v) is 8.16. The zero-order valence-corrected chi connectivity index (χ0v) is 14.8. The molecule has 5 fully saturated rings. The predicted molar refractivity (Wildman–Crippen MR) is 88.7 cm³/mol. The van der Waals surface area contributed by atoms with E-state index >= 15 is 0 Å². The van der Waals surface area contributed by atoms with Gasteiger partial charge in [-0.05, 0) is 86.9 Å². The SMILES string of the molecule is CC1C2CC(C1OC(C)(C)C)C1C3OC(C4C5C=CC(C5)C34)C21. The van der Waals surface area contributed by atoms with Crippen LogP contribution < -0.4 is 0 Å². The first kappa shape index (κ1) is 13.9. The van der Waals surface area contributed by atoms with E-state index in [0.29, 0.717) is 18.3 Å². The van der Waals surface area contributed by atoms with Crippen LogP contribution in [-0.4, -0.2) is 23.9 Å². The first-order valence-electron chi connectivity index (χ1n) is 9.95. The van der Waals surface area contributed by atoms with E-state index in [1.807, 2.05) is 0 Å². The normalized spacial score (nSPS) is 64.0. The molecule has 0 aromatic heterocycles. The molecule has 0 amide bonds. The number of ether oxygens (including phenoxy) is 2. The summed E-state index contributed by atoms with van der Waals surface area (Å²) in [4.78, 5) is 0. The van der Waals surface area contributed by atoms with Gasteiger partial charge in [0, 0.05) is 0 Å². The number of allylic oxidation sites excluding steroid dienone is 2. The molecule has 0 aromatic rings. The van der Waals surface area contributed by atoms with Gasteiger partial charge in [-0.1, -0.05) is 19.1 Å². The molecule has 12 unspecified atom stereocenters. The Kier molecular flexibility index (Phi) is 2.46. The van der Waals surface area contributed by atoms with Crippen molar-refractivity contribution in [3.63, 3.8) is 0 Å². The second-order valence-electron chi connectivity index (χ2n) is 10.4. The highest BCUT2D eigenvalue weighted by molar-refractivity contribution is 5.26. The van der Waals surface area contributed by atoms with Gasteiger partial charge in [0.25, 0.3) is 0 Å². The van der Waals surface area contributed by atoms with Gasteiger partial charge in [-0.2, -0.15) is 0 Å². The number of rotatable bonds is 1. The van der Waals surface area contributed by atoms with Crippen LogP contribution in [0.1, 0.15) is 40.5 Å². The Bertz CT molecular complexity index is 575. The van der Waals surface area contributed by atoms with E-state index in [4.69, 9.17) is 9.47 Å². The first-order chi connectivity index (χ1) is 10.9. The molecular formula is C21H30O2. The molecule has 0 spiro atoms. The topological polar surface area (TPSA) is 18.5 Å². The van der Waals surface area contributed by atoms with Crippen LogP contribution in [0.4, 0.5) is 0 Å². The molecule has 0 radical (unpaired) electrons. The first-order valence-corrected chi connectivity index (χ1v) is 9.95. The van der Waals surface area contributed by atoms with Crippen molar-refractivity contribution in [2.45, 2.75) is 64.4 Å². The summed E-state index contributed by atoms with van der Waals surface area (Å²) in [6.45, 7) is 9.12. The quantitative estimate of drug-likeness (QED) is 0.683. The maximum absolute atomic E-state index is 6.70. The Morgan fingerprint density at radius 1 is 0.870 bits per heavy atom. The van der Waals surface area contributed by atoms with Gasteiger partial charge in [-0.15, -0.1) is 0 Å². The van der Waals surface area contributed by atoms with Crippen molar-refractivity contribution in [1.82, 2.24) is 0 Å². The summed E-state index contributed by atoms with van der Waals surface area (Å²) in [6, 6.07) is 0. The van der Waals surface area contributed by atoms with Gasteiger partial charge in [-0.25, -0.2) is 0 Å². The van der Waals surface area contributed by atoms with E-state index in [0.717, 1.165) is 53.3 Å². The summed E-state index contributed by atoms with van der Waals surface area (Å²) in [6.07, 6.45) is 9.49. The smallest absolute Gasteiger partial charge is 0.0652 e. The summed E-state index contributed by atoms with van der Waals surface area (Å²) in [5, 5.41) is 0. The van der Waals surface area contributed by atoms with Gasteiger partial charge >= 0.3 is 0 Å². The Morgan fingerprint density at radius 3 is 2.09 bits per heavy atom. The maximum atomic E-state index is 6.70. The molecule has 2 aliphatic heterocycles. The minimum absolute atomic E-state index is 0.0188. The molecule has 23 heavy (non-hydrogen) atoms. The summed E-state index contributed by atoms with van der Waals surface area (Å²) in [7, 11) is 0. The number of hydrogen-bond donors (Lipinski definition) is 0. The lowest BCUT2D eigenvalue weighted by atomic mass is 9.59. The van der Waals surface area contributed by atoms with Gasteiger partial charge in [0.1, 0.15) is 0 Å². The lowest BCUT2D eigenvalue weighted by Crippen LogP contribution is -2.50. The third kappa shape index (κ3) is 1.54. The zero-order chi connectivity index (χ0) is 15.7. The van der Waals surface area contributed by atoms with Crippen molar-refractivity contribution in [3.8, 4) is 0 Å². The van der Waals surface area contributed by atoms with E-state index in [2.05, 4.69) is 39.8 Å². The highest BCUT2D eigenvalue weighted by Gasteiger charge is 2.73. The van der Waals surface area contributed by atoms with Gasteiger partial charge in [0.05, 0.1) is 23.9 Å². The van der Waals surface area contributed by atoms with Gasteiger partial charge in [0.2, 0.25) is 0 Å². The molecule has 0 N–H and O–H groups in total. The highest BCUT2D eigenvalue weighted by Crippen LogP contribution is 2.72. The van der Waals surface area contributed by atoms with Crippen molar-refractivity contribution in [2.24, 2.45) is 53.3 Å². The van der Waals surface area contributed by atoms with Gasteiger partial charge < -0.3 is 9.47 Å². The van der Waals surface area contributed by atoms with Crippen LogP contribution >= 0.6 is 0 Å². The van der Waals surface area contributed by atoms with Crippen LogP contribution in [-0.2, 0) is 9.47 Å². The largest absolute Gasteiger partial charge is 0.374 e. The Balaban J connectivity index is 1.34. The zero-order valence-electron chi connectivity index (χ0n) is 14.8. The van der Waals surface area contributed by atoms with Crippen molar-refractivity contribution in [1.29, 1.82) is 0 Å². The van der Waals surface area contributed by atoms with Crippen LogP contribution in [0.5, 0.6) is 0 Å². The van der Waals surface area contributed by atoms with Crippen molar-refractivity contribution >= 4 is 0 Å². The molecule has 2 nitrogen and oxygen atoms in total. The Labute approximate surface area is 140 Å². The van der Waals surface area contributed by atoms with Crippen LogP contribution in [0.15, 0.2) is 12.2 Å².